The minimum Gasteiger partial charge on any atom is -0.476 e. The molecule has 1 unspecified atom stereocenters. The average Bonchev–Trinajstić information content (AvgIpc) is 2.67. The quantitative estimate of drug-likeness (QED) is 0.591. The molecule has 7 heteroatoms. The molecule has 0 aliphatic rings. The Hall–Kier alpha value is -1.18. The second-order valence-electron chi connectivity index (χ2n) is 5.78. The lowest BCUT2D eigenvalue weighted by molar-refractivity contribution is 0.0689. The van der Waals surface area contributed by atoms with E-state index in [2.05, 4.69) is 24.6 Å². The van der Waals surface area contributed by atoms with Crippen molar-refractivity contribution in [3.8, 4) is 0 Å². The molecule has 1 rings (SSSR count). The van der Waals surface area contributed by atoms with E-state index in [9.17, 15) is 9.90 Å². The molecule has 0 aliphatic carbocycles. The summed E-state index contributed by atoms with van der Waals surface area (Å²) in [4.78, 5) is 14.7. The Labute approximate surface area is 114 Å². The first kappa shape index (κ1) is 15.9. The van der Waals surface area contributed by atoms with E-state index in [0.717, 1.165) is 6.04 Å². The van der Waals surface area contributed by atoms with Gasteiger partial charge in [0.2, 0.25) is 0 Å². The third-order valence-electron chi connectivity index (χ3n) is 2.63. The highest BCUT2D eigenvalue weighted by molar-refractivity contribution is 6.76. The predicted molar refractivity (Wildman–Crippen MR) is 73.9 cm³/mol. The summed E-state index contributed by atoms with van der Waals surface area (Å²) in [5, 5.41) is 18.5. The van der Waals surface area contributed by atoms with Gasteiger partial charge in [0, 0.05) is 20.9 Å². The minimum atomic E-state index is -1.14. The summed E-state index contributed by atoms with van der Waals surface area (Å²) in [6, 6.07) is 1.04. The summed E-state index contributed by atoms with van der Waals surface area (Å²) in [5.74, 6) is -0.798. The number of aromatic nitrogens is 2. The lowest BCUT2D eigenvalue weighted by atomic mass is 10.4. The van der Waals surface area contributed by atoms with Gasteiger partial charge in [0.1, 0.15) is 18.7 Å². The van der Waals surface area contributed by atoms with Gasteiger partial charge in [0.05, 0.1) is 0 Å². The molecule has 0 saturated carbocycles. The first-order valence-electron chi connectivity index (χ1n) is 6.27. The van der Waals surface area contributed by atoms with Gasteiger partial charge in [-0.05, 0) is 13.0 Å². The van der Waals surface area contributed by atoms with Crippen LogP contribution in [0.1, 0.15) is 29.3 Å². The van der Waals surface area contributed by atoms with Gasteiger partial charge in [-0.2, -0.15) is 0 Å². The van der Waals surface area contributed by atoms with Crippen molar-refractivity contribution in [3.05, 3.63) is 17.7 Å². The fraction of sp³-hybridized carbons (Fsp3) is 0.667. The maximum Gasteiger partial charge on any atom is 0.356 e. The number of aromatic carboxylic acids is 1. The summed E-state index contributed by atoms with van der Waals surface area (Å²) in [6.07, 6.45) is 0.563. The van der Waals surface area contributed by atoms with Crippen molar-refractivity contribution >= 4 is 14.0 Å². The molecule has 1 atom stereocenters. The summed E-state index contributed by atoms with van der Waals surface area (Å²) >= 11 is 0. The van der Waals surface area contributed by atoms with Gasteiger partial charge in [-0.25, -0.2) is 9.78 Å². The summed E-state index contributed by atoms with van der Waals surface area (Å²) in [5.41, 5.74) is -0.0790. The number of imidazole rings is 1. The van der Waals surface area contributed by atoms with Crippen molar-refractivity contribution in [2.75, 3.05) is 6.61 Å². The van der Waals surface area contributed by atoms with Gasteiger partial charge in [-0.1, -0.05) is 19.6 Å². The molecule has 0 saturated heterocycles. The molecule has 0 bridgehead atoms. The molecule has 0 fully saturated rings. The van der Waals surface area contributed by atoms with E-state index in [1.54, 1.807) is 11.5 Å². The molecule has 2 N–H and O–H groups in total. The molecular formula is C12H22N2O4Si. The Morgan fingerprint density at radius 1 is 1.53 bits per heavy atom. The fourth-order valence-corrected chi connectivity index (χ4v) is 2.27. The summed E-state index contributed by atoms with van der Waals surface area (Å²) < 4.78 is 7.07. The van der Waals surface area contributed by atoms with Crippen LogP contribution in [0.3, 0.4) is 0 Å². The Balaban J connectivity index is 2.64. The molecule has 0 aromatic carbocycles. The number of aliphatic hydroxyl groups excluding tert-OH is 1. The van der Waals surface area contributed by atoms with Crippen molar-refractivity contribution in [2.24, 2.45) is 0 Å². The number of hydrogen-bond acceptors (Lipinski definition) is 4. The zero-order valence-corrected chi connectivity index (χ0v) is 12.9. The number of carboxylic acids is 1. The van der Waals surface area contributed by atoms with E-state index in [1.807, 2.05) is 0 Å². The summed E-state index contributed by atoms with van der Waals surface area (Å²) in [7, 11) is -1.14. The number of nitrogens with zero attached hydrogens (tertiary/aromatic N) is 2. The van der Waals surface area contributed by atoms with Gasteiger partial charge >= 0.3 is 5.97 Å². The van der Waals surface area contributed by atoms with Crippen molar-refractivity contribution in [1.29, 1.82) is 0 Å². The van der Waals surface area contributed by atoms with E-state index in [-0.39, 0.29) is 12.4 Å². The molecular weight excluding hydrogens is 264 g/mol. The number of hydrogen-bond donors (Lipinski definition) is 2. The van der Waals surface area contributed by atoms with Crippen LogP contribution in [-0.4, -0.2) is 40.4 Å². The first-order chi connectivity index (χ1) is 8.70. The highest BCUT2D eigenvalue weighted by Crippen LogP contribution is 2.13. The summed E-state index contributed by atoms with van der Waals surface area (Å²) in [6.45, 7) is 9.18. The van der Waals surface area contributed by atoms with Gasteiger partial charge in [-0.15, -0.1) is 0 Å². The lowest BCUT2D eigenvalue weighted by Crippen LogP contribution is -2.22. The molecule has 0 amide bonds. The maximum atomic E-state index is 10.9. The van der Waals surface area contributed by atoms with Crippen molar-refractivity contribution in [3.63, 3.8) is 0 Å². The predicted octanol–water partition coefficient (Wildman–Crippen LogP) is 1.95. The van der Waals surface area contributed by atoms with Crippen LogP contribution in [0, 0.1) is 0 Å². The van der Waals surface area contributed by atoms with Crippen LogP contribution < -0.4 is 0 Å². The standard InChI is InChI=1S/C12H22N2O4Si/c1-9(15)11-13-10(12(16)17)7-14(11)8-18-5-6-19(2,3)4/h7,9,15H,5-6,8H2,1-4H3,(H,16,17). The maximum absolute atomic E-state index is 10.9. The smallest absolute Gasteiger partial charge is 0.356 e. The van der Waals surface area contributed by atoms with E-state index >= 15 is 0 Å². The van der Waals surface area contributed by atoms with Gasteiger partial charge < -0.3 is 19.5 Å². The molecule has 19 heavy (non-hydrogen) atoms. The zero-order valence-electron chi connectivity index (χ0n) is 11.9. The third-order valence-corrected chi connectivity index (χ3v) is 4.33. The van der Waals surface area contributed by atoms with Gasteiger partial charge in [0.25, 0.3) is 0 Å². The van der Waals surface area contributed by atoms with Crippen molar-refractivity contribution < 1.29 is 19.7 Å². The highest BCUT2D eigenvalue weighted by atomic mass is 28.3. The molecule has 0 radical (unpaired) electrons. The first-order valence-corrected chi connectivity index (χ1v) is 9.97. The SMILES string of the molecule is CC(O)c1nc(C(=O)O)cn1COCC[Si](C)(C)C. The van der Waals surface area contributed by atoms with Crippen LogP contribution in [0.25, 0.3) is 0 Å². The minimum absolute atomic E-state index is 0.0790. The van der Waals surface area contributed by atoms with E-state index in [0.29, 0.717) is 12.4 Å². The van der Waals surface area contributed by atoms with Crippen molar-refractivity contribution in [2.45, 2.75) is 45.4 Å². The molecule has 1 heterocycles. The third kappa shape index (κ3) is 5.13. The van der Waals surface area contributed by atoms with Crippen LogP contribution in [-0.2, 0) is 11.5 Å². The second kappa shape index (κ2) is 6.31. The number of carboxylic acid groups (broad SMARTS) is 1. The monoisotopic (exact) mass is 286 g/mol. The largest absolute Gasteiger partial charge is 0.476 e. The van der Waals surface area contributed by atoms with Crippen molar-refractivity contribution in [1.82, 2.24) is 9.55 Å². The van der Waals surface area contributed by atoms with Crippen LogP contribution in [0.5, 0.6) is 0 Å². The second-order valence-corrected chi connectivity index (χ2v) is 11.4. The Morgan fingerprint density at radius 3 is 2.63 bits per heavy atom. The Kier molecular flexibility index (Phi) is 5.27. The van der Waals surface area contributed by atoms with Crippen LogP contribution in [0.2, 0.25) is 25.7 Å². The van der Waals surface area contributed by atoms with E-state index in [1.165, 1.54) is 6.20 Å². The zero-order chi connectivity index (χ0) is 14.6. The number of rotatable bonds is 7. The topological polar surface area (TPSA) is 84.6 Å². The van der Waals surface area contributed by atoms with E-state index in [4.69, 9.17) is 9.84 Å². The normalized spacial score (nSPS) is 13.5. The fourth-order valence-electron chi connectivity index (χ4n) is 1.51. The molecule has 6 nitrogen and oxygen atoms in total. The van der Waals surface area contributed by atoms with Gasteiger partial charge in [-0.3, -0.25) is 0 Å². The van der Waals surface area contributed by atoms with Gasteiger partial charge in [0.15, 0.2) is 5.69 Å². The number of carbonyl (C=O) groups is 1. The molecule has 0 spiro atoms. The Morgan fingerprint density at radius 2 is 2.16 bits per heavy atom. The number of ether oxygens (including phenoxy) is 1. The molecule has 1 aromatic heterocycles. The van der Waals surface area contributed by atoms with E-state index < -0.39 is 20.1 Å². The average molecular weight is 286 g/mol. The number of aliphatic hydroxyl groups is 1. The lowest BCUT2D eigenvalue weighted by Gasteiger charge is -2.16. The Bertz CT molecular complexity index is 437. The van der Waals surface area contributed by atoms with Crippen LogP contribution in [0.4, 0.5) is 0 Å². The molecule has 0 aliphatic heterocycles. The molecule has 1 aromatic rings. The van der Waals surface area contributed by atoms with Crippen LogP contribution in [0.15, 0.2) is 6.20 Å². The highest BCUT2D eigenvalue weighted by Gasteiger charge is 2.17. The van der Waals surface area contributed by atoms with Crippen LogP contribution >= 0.6 is 0 Å². The molecule has 108 valence electrons.